The zero-order chi connectivity index (χ0) is 19.0. The quantitative estimate of drug-likeness (QED) is 0.798. The van der Waals surface area contributed by atoms with Crippen molar-refractivity contribution < 1.29 is 13.2 Å². The first-order chi connectivity index (χ1) is 13.0. The van der Waals surface area contributed by atoms with Gasteiger partial charge >= 0.3 is 0 Å². The number of carbonyl (C=O) groups is 1. The van der Waals surface area contributed by atoms with Crippen LogP contribution in [0, 0.1) is 0 Å². The van der Waals surface area contributed by atoms with E-state index in [9.17, 15) is 13.2 Å². The van der Waals surface area contributed by atoms with Crippen molar-refractivity contribution in [2.45, 2.75) is 49.5 Å². The fourth-order valence-corrected chi connectivity index (χ4v) is 5.47. The van der Waals surface area contributed by atoms with Gasteiger partial charge in [-0.05, 0) is 37.1 Å². The molecule has 0 unspecified atom stereocenters. The minimum atomic E-state index is -3.56. The molecule has 1 aliphatic carbocycles. The normalized spacial score (nSPS) is 18.9. The highest BCUT2D eigenvalue weighted by Gasteiger charge is 2.32. The van der Waals surface area contributed by atoms with E-state index in [1.807, 2.05) is 12.1 Å². The summed E-state index contributed by atoms with van der Waals surface area (Å²) >= 11 is 0. The first kappa shape index (κ1) is 18.0. The molecule has 1 saturated carbocycles. The minimum Gasteiger partial charge on any atom is -0.349 e. The molecule has 1 aliphatic heterocycles. The lowest BCUT2D eigenvalue weighted by atomic mass is 9.99. The monoisotopic (exact) mass is 384 g/mol. The van der Waals surface area contributed by atoms with Gasteiger partial charge in [-0.15, -0.1) is 0 Å². The summed E-state index contributed by atoms with van der Waals surface area (Å²) in [5.74, 6) is -0.0849. The van der Waals surface area contributed by atoms with Gasteiger partial charge in [0.2, 0.25) is 0 Å². The van der Waals surface area contributed by atoms with Crippen molar-refractivity contribution in [3.63, 3.8) is 0 Å². The largest absolute Gasteiger partial charge is 0.349 e. The van der Waals surface area contributed by atoms with Gasteiger partial charge in [-0.2, -0.15) is 0 Å². The average Bonchev–Trinajstić information content (AvgIpc) is 2.94. The van der Waals surface area contributed by atoms with E-state index in [1.54, 1.807) is 37.4 Å². The van der Waals surface area contributed by atoms with E-state index in [0.717, 1.165) is 31.2 Å². The van der Waals surface area contributed by atoms with Gasteiger partial charge in [0.05, 0.1) is 10.6 Å². The second-order valence-corrected chi connectivity index (χ2v) is 9.30. The Bertz CT molecular complexity index is 977. The van der Waals surface area contributed by atoms with Crippen LogP contribution in [0.2, 0.25) is 0 Å². The van der Waals surface area contributed by atoms with Crippen LogP contribution >= 0.6 is 0 Å². The summed E-state index contributed by atoms with van der Waals surface area (Å²) in [4.78, 5) is 13.1. The van der Waals surface area contributed by atoms with Crippen LogP contribution in [0.15, 0.2) is 47.4 Å². The van der Waals surface area contributed by atoms with E-state index in [1.165, 1.54) is 17.1 Å². The number of rotatable bonds is 2. The number of hydrogen-bond donors (Lipinski definition) is 1. The maximum Gasteiger partial charge on any atom is 0.264 e. The van der Waals surface area contributed by atoms with Crippen molar-refractivity contribution >= 4 is 21.6 Å². The highest BCUT2D eigenvalue weighted by Crippen LogP contribution is 2.42. The molecular weight excluding hydrogens is 360 g/mol. The number of nitrogens with zero attached hydrogens (tertiary/aromatic N) is 1. The van der Waals surface area contributed by atoms with E-state index in [-0.39, 0.29) is 16.8 Å². The molecule has 1 amide bonds. The van der Waals surface area contributed by atoms with Crippen LogP contribution in [0.1, 0.15) is 48.9 Å². The topological polar surface area (TPSA) is 66.5 Å². The summed E-state index contributed by atoms with van der Waals surface area (Å²) < 4.78 is 26.7. The molecule has 2 aliphatic rings. The van der Waals surface area contributed by atoms with Crippen molar-refractivity contribution in [2.75, 3.05) is 11.4 Å². The molecule has 0 saturated heterocycles. The lowest BCUT2D eigenvalue weighted by molar-refractivity contribution is 0.0933. The summed E-state index contributed by atoms with van der Waals surface area (Å²) in [5, 5.41) is 3.16. The number of carbonyl (C=O) groups excluding carboxylic acids is 1. The summed E-state index contributed by atoms with van der Waals surface area (Å²) in [6.45, 7) is 0. The fourth-order valence-electron chi connectivity index (χ4n) is 4.05. The van der Waals surface area contributed by atoms with E-state index >= 15 is 0 Å². The first-order valence-corrected chi connectivity index (χ1v) is 11.0. The molecule has 4 rings (SSSR count). The number of benzene rings is 2. The predicted octanol–water partition coefficient (Wildman–Crippen LogP) is 3.94. The van der Waals surface area contributed by atoms with E-state index in [4.69, 9.17) is 0 Å². The van der Waals surface area contributed by atoms with Crippen LogP contribution < -0.4 is 9.62 Å². The van der Waals surface area contributed by atoms with Crippen LogP contribution in [-0.2, 0) is 10.0 Å². The molecule has 6 heteroatoms. The lowest BCUT2D eigenvalue weighted by Gasteiger charge is -2.29. The SMILES string of the molecule is CN1c2ccc(C(=O)NC3CCCCCC3)cc2-c2ccccc2S1(=O)=O. The van der Waals surface area contributed by atoms with Crippen molar-refractivity contribution in [3.8, 4) is 11.1 Å². The Balaban J connectivity index is 1.69. The van der Waals surface area contributed by atoms with Crippen molar-refractivity contribution in [2.24, 2.45) is 0 Å². The average molecular weight is 385 g/mol. The van der Waals surface area contributed by atoms with E-state index in [2.05, 4.69) is 5.32 Å². The highest BCUT2D eigenvalue weighted by molar-refractivity contribution is 7.93. The molecular formula is C21H24N2O3S. The Hall–Kier alpha value is -2.34. The molecule has 142 valence electrons. The van der Waals surface area contributed by atoms with Crippen LogP contribution in [0.5, 0.6) is 0 Å². The van der Waals surface area contributed by atoms with Crippen molar-refractivity contribution in [3.05, 3.63) is 48.0 Å². The number of fused-ring (bicyclic) bond motifs is 3. The minimum absolute atomic E-state index is 0.0849. The standard InChI is InChI=1S/C21H24N2O3S/c1-23-19-13-12-15(21(24)22-16-8-4-2-3-5-9-16)14-18(19)17-10-6-7-11-20(17)27(23,25)26/h6-7,10-14,16H,2-5,8-9H2,1H3,(H,22,24). The molecule has 27 heavy (non-hydrogen) atoms. The molecule has 0 spiro atoms. The number of sulfonamides is 1. The third-order valence-corrected chi connectivity index (χ3v) is 7.43. The third-order valence-electron chi connectivity index (χ3n) is 5.60. The second kappa shape index (κ2) is 7.00. The lowest BCUT2D eigenvalue weighted by Crippen LogP contribution is -2.35. The van der Waals surface area contributed by atoms with Crippen LogP contribution in [0.3, 0.4) is 0 Å². The van der Waals surface area contributed by atoms with Gasteiger partial charge < -0.3 is 5.32 Å². The van der Waals surface area contributed by atoms with Gasteiger partial charge in [0.1, 0.15) is 0 Å². The molecule has 0 radical (unpaired) electrons. The molecule has 0 aromatic heterocycles. The summed E-state index contributed by atoms with van der Waals surface area (Å²) in [6, 6.07) is 12.4. The molecule has 1 N–H and O–H groups in total. The number of anilines is 1. The highest BCUT2D eigenvalue weighted by atomic mass is 32.2. The second-order valence-electron chi connectivity index (χ2n) is 7.36. The molecule has 0 atom stereocenters. The molecule has 5 nitrogen and oxygen atoms in total. The van der Waals surface area contributed by atoms with E-state index in [0.29, 0.717) is 16.8 Å². The maximum absolute atomic E-state index is 12.8. The zero-order valence-corrected chi connectivity index (χ0v) is 16.3. The van der Waals surface area contributed by atoms with Gasteiger partial charge in [0.15, 0.2) is 0 Å². The molecule has 1 heterocycles. The molecule has 0 bridgehead atoms. The Morgan fingerprint density at radius 1 is 1.00 bits per heavy atom. The van der Waals surface area contributed by atoms with Crippen molar-refractivity contribution in [1.82, 2.24) is 5.32 Å². The zero-order valence-electron chi connectivity index (χ0n) is 15.4. The van der Waals surface area contributed by atoms with Gasteiger partial charge in [0, 0.05) is 29.8 Å². The van der Waals surface area contributed by atoms with E-state index < -0.39 is 10.0 Å². The first-order valence-electron chi connectivity index (χ1n) is 9.52. The summed E-state index contributed by atoms with van der Waals surface area (Å²) in [5.41, 5.74) is 2.59. The summed E-state index contributed by atoms with van der Waals surface area (Å²) in [6.07, 6.45) is 6.85. The number of amides is 1. The van der Waals surface area contributed by atoms with Gasteiger partial charge in [0.25, 0.3) is 15.9 Å². The number of hydrogen-bond acceptors (Lipinski definition) is 3. The van der Waals surface area contributed by atoms with Gasteiger partial charge in [-0.25, -0.2) is 8.42 Å². The van der Waals surface area contributed by atoms with Crippen molar-refractivity contribution in [1.29, 1.82) is 0 Å². The van der Waals surface area contributed by atoms with Crippen LogP contribution in [-0.4, -0.2) is 27.4 Å². The Kier molecular flexibility index (Phi) is 4.68. The predicted molar refractivity (Wildman–Crippen MR) is 106 cm³/mol. The molecule has 2 aromatic carbocycles. The van der Waals surface area contributed by atoms with Gasteiger partial charge in [-0.3, -0.25) is 9.10 Å². The number of nitrogens with one attached hydrogen (secondary N) is 1. The van der Waals surface area contributed by atoms with Crippen LogP contribution in [0.4, 0.5) is 5.69 Å². The third kappa shape index (κ3) is 3.23. The van der Waals surface area contributed by atoms with Crippen LogP contribution in [0.25, 0.3) is 11.1 Å². The molecule has 2 aromatic rings. The van der Waals surface area contributed by atoms with Gasteiger partial charge in [-0.1, -0.05) is 43.9 Å². The summed E-state index contributed by atoms with van der Waals surface area (Å²) in [7, 11) is -2.01. The Morgan fingerprint density at radius 3 is 2.44 bits per heavy atom. The smallest absolute Gasteiger partial charge is 0.264 e. The fraction of sp³-hybridized carbons (Fsp3) is 0.381. The Labute approximate surface area is 160 Å². The maximum atomic E-state index is 12.8. The molecule has 1 fully saturated rings. The Morgan fingerprint density at radius 2 is 1.70 bits per heavy atom.